The van der Waals surface area contributed by atoms with E-state index >= 15 is 0 Å². The van der Waals surface area contributed by atoms with Gasteiger partial charge in [0.2, 0.25) is 5.91 Å². The maximum absolute atomic E-state index is 13.4. The molecule has 2 aliphatic rings. The van der Waals surface area contributed by atoms with Crippen LogP contribution in [-0.4, -0.2) is 69.2 Å². The SMILES string of the molecule is CCCCC(=O)Nc1ccc(N2CCC(Cc3ccccc3)CC2)c(C(=O)NCCCN2CCOCC2)c1. The summed E-state index contributed by atoms with van der Waals surface area (Å²) in [5.74, 6) is 0.583. The zero-order chi connectivity index (χ0) is 26.6. The number of unbranched alkanes of at least 4 members (excludes halogenated alkanes) is 1. The van der Waals surface area contributed by atoms with E-state index in [1.807, 2.05) is 18.2 Å². The molecule has 7 nitrogen and oxygen atoms in total. The Kier molecular flexibility index (Phi) is 11.0. The first-order valence-corrected chi connectivity index (χ1v) is 14.4. The van der Waals surface area contributed by atoms with Crippen LogP contribution in [0.2, 0.25) is 0 Å². The van der Waals surface area contributed by atoms with Crippen molar-refractivity contribution in [1.82, 2.24) is 10.2 Å². The number of hydrogen-bond acceptors (Lipinski definition) is 5. The molecule has 0 spiro atoms. The molecule has 0 bridgehead atoms. The molecule has 0 atom stereocenters. The smallest absolute Gasteiger partial charge is 0.253 e. The van der Waals surface area contributed by atoms with Crippen LogP contribution in [0.25, 0.3) is 0 Å². The second-order valence-electron chi connectivity index (χ2n) is 10.6. The monoisotopic (exact) mass is 520 g/mol. The highest BCUT2D eigenvalue weighted by Crippen LogP contribution is 2.30. The van der Waals surface area contributed by atoms with E-state index in [1.165, 1.54) is 5.56 Å². The number of carbonyl (C=O) groups excluding carboxylic acids is 2. The van der Waals surface area contributed by atoms with Crippen molar-refractivity contribution in [3.63, 3.8) is 0 Å². The van der Waals surface area contributed by atoms with Crippen LogP contribution in [0.15, 0.2) is 48.5 Å². The van der Waals surface area contributed by atoms with E-state index in [9.17, 15) is 9.59 Å². The lowest BCUT2D eigenvalue weighted by atomic mass is 9.89. The van der Waals surface area contributed by atoms with Gasteiger partial charge in [0, 0.05) is 50.5 Å². The van der Waals surface area contributed by atoms with Gasteiger partial charge in [0.25, 0.3) is 5.91 Å². The van der Waals surface area contributed by atoms with E-state index in [4.69, 9.17) is 4.74 Å². The highest BCUT2D eigenvalue weighted by atomic mass is 16.5. The number of piperidine rings is 1. The number of hydrogen-bond donors (Lipinski definition) is 2. The van der Waals surface area contributed by atoms with Crippen molar-refractivity contribution in [2.75, 3.05) is 62.7 Å². The maximum Gasteiger partial charge on any atom is 0.253 e. The average Bonchev–Trinajstić information content (AvgIpc) is 2.96. The molecule has 2 aliphatic heterocycles. The highest BCUT2D eigenvalue weighted by Gasteiger charge is 2.24. The van der Waals surface area contributed by atoms with Crippen molar-refractivity contribution >= 4 is 23.2 Å². The molecule has 2 saturated heterocycles. The fourth-order valence-corrected chi connectivity index (χ4v) is 5.38. The number of morpholine rings is 1. The molecule has 2 fully saturated rings. The van der Waals surface area contributed by atoms with Gasteiger partial charge in [-0.3, -0.25) is 14.5 Å². The number of carbonyl (C=O) groups is 2. The summed E-state index contributed by atoms with van der Waals surface area (Å²) in [5.41, 5.74) is 3.69. The van der Waals surface area contributed by atoms with E-state index in [0.717, 1.165) is 90.1 Å². The summed E-state index contributed by atoms with van der Waals surface area (Å²) < 4.78 is 5.42. The molecule has 0 aromatic heterocycles. The molecule has 2 heterocycles. The van der Waals surface area contributed by atoms with Gasteiger partial charge >= 0.3 is 0 Å². The third-order valence-electron chi connectivity index (χ3n) is 7.65. The average molecular weight is 521 g/mol. The van der Waals surface area contributed by atoms with Crippen molar-refractivity contribution in [2.45, 2.75) is 51.9 Å². The number of nitrogens with zero attached hydrogens (tertiary/aromatic N) is 2. The summed E-state index contributed by atoms with van der Waals surface area (Å²) in [6.07, 6.45) is 6.54. The number of anilines is 2. The quantitative estimate of drug-likeness (QED) is 0.396. The third-order valence-corrected chi connectivity index (χ3v) is 7.65. The zero-order valence-electron chi connectivity index (χ0n) is 22.9. The molecule has 7 heteroatoms. The lowest BCUT2D eigenvalue weighted by Gasteiger charge is -2.35. The van der Waals surface area contributed by atoms with Crippen molar-refractivity contribution in [1.29, 1.82) is 0 Å². The Bertz CT molecular complexity index is 1020. The predicted molar refractivity (Wildman–Crippen MR) is 154 cm³/mol. The van der Waals surface area contributed by atoms with Crippen molar-refractivity contribution in [2.24, 2.45) is 5.92 Å². The largest absolute Gasteiger partial charge is 0.379 e. The minimum atomic E-state index is -0.0713. The van der Waals surface area contributed by atoms with Crippen molar-refractivity contribution in [3.05, 3.63) is 59.7 Å². The molecule has 2 N–H and O–H groups in total. The lowest BCUT2D eigenvalue weighted by Crippen LogP contribution is -2.38. The van der Waals surface area contributed by atoms with E-state index in [1.54, 1.807) is 0 Å². The minimum absolute atomic E-state index is 0.00167. The Morgan fingerprint density at radius 2 is 1.74 bits per heavy atom. The third kappa shape index (κ3) is 8.57. The number of amides is 2. The first-order chi connectivity index (χ1) is 18.6. The molecule has 2 amide bonds. The zero-order valence-corrected chi connectivity index (χ0v) is 22.9. The van der Waals surface area contributed by atoms with Gasteiger partial charge in [0.15, 0.2) is 0 Å². The Morgan fingerprint density at radius 1 is 0.974 bits per heavy atom. The Balaban J connectivity index is 1.38. The lowest BCUT2D eigenvalue weighted by molar-refractivity contribution is -0.116. The number of nitrogens with one attached hydrogen (secondary N) is 2. The van der Waals surface area contributed by atoms with Crippen LogP contribution in [0, 0.1) is 5.92 Å². The normalized spacial score (nSPS) is 16.8. The van der Waals surface area contributed by atoms with Crippen LogP contribution in [0.3, 0.4) is 0 Å². The van der Waals surface area contributed by atoms with Crippen LogP contribution in [-0.2, 0) is 16.0 Å². The van der Waals surface area contributed by atoms with E-state index in [2.05, 4.69) is 57.7 Å². The summed E-state index contributed by atoms with van der Waals surface area (Å²) in [7, 11) is 0. The Morgan fingerprint density at radius 3 is 2.47 bits per heavy atom. The van der Waals surface area contributed by atoms with Crippen LogP contribution in [0.1, 0.15) is 61.4 Å². The van der Waals surface area contributed by atoms with Crippen LogP contribution in [0.5, 0.6) is 0 Å². The van der Waals surface area contributed by atoms with Crippen molar-refractivity contribution in [3.8, 4) is 0 Å². The molecule has 206 valence electrons. The van der Waals surface area contributed by atoms with E-state index in [0.29, 0.717) is 30.1 Å². The van der Waals surface area contributed by atoms with Crippen LogP contribution >= 0.6 is 0 Å². The highest BCUT2D eigenvalue weighted by molar-refractivity contribution is 6.02. The Labute approximate surface area is 227 Å². The van der Waals surface area contributed by atoms with Gasteiger partial charge in [-0.2, -0.15) is 0 Å². The van der Waals surface area contributed by atoms with Crippen LogP contribution < -0.4 is 15.5 Å². The number of rotatable bonds is 12. The fourth-order valence-electron chi connectivity index (χ4n) is 5.38. The first-order valence-electron chi connectivity index (χ1n) is 14.4. The topological polar surface area (TPSA) is 73.9 Å². The van der Waals surface area contributed by atoms with Crippen molar-refractivity contribution < 1.29 is 14.3 Å². The molecule has 2 aromatic carbocycles. The van der Waals surface area contributed by atoms with Gasteiger partial charge in [-0.25, -0.2) is 0 Å². The van der Waals surface area contributed by atoms with Gasteiger partial charge in [-0.05, 0) is 68.3 Å². The van der Waals surface area contributed by atoms with Gasteiger partial charge in [-0.1, -0.05) is 43.7 Å². The predicted octanol–water partition coefficient (Wildman–Crippen LogP) is 4.73. The summed E-state index contributed by atoms with van der Waals surface area (Å²) in [6, 6.07) is 16.5. The standard InChI is InChI=1S/C31H44N4O3/c1-2-3-10-30(36)33-27-11-12-29(35-17-13-26(14-18-35)23-25-8-5-4-6-9-25)28(24-27)31(37)32-15-7-16-34-19-21-38-22-20-34/h4-6,8-9,11-12,24,26H,2-3,7,10,13-23H2,1H3,(H,32,37)(H,33,36). The van der Waals surface area contributed by atoms with Gasteiger partial charge < -0.3 is 20.3 Å². The summed E-state index contributed by atoms with van der Waals surface area (Å²) in [5, 5.41) is 6.13. The van der Waals surface area contributed by atoms with Gasteiger partial charge in [0.05, 0.1) is 18.8 Å². The molecule has 4 rings (SSSR count). The van der Waals surface area contributed by atoms with Gasteiger partial charge in [-0.15, -0.1) is 0 Å². The fraction of sp³-hybridized carbons (Fsp3) is 0.548. The summed E-state index contributed by atoms with van der Waals surface area (Å²) >= 11 is 0. The summed E-state index contributed by atoms with van der Waals surface area (Å²) in [4.78, 5) is 30.5. The molecular formula is C31H44N4O3. The first kappa shape index (κ1) is 28.1. The Hall–Kier alpha value is -2.90. The van der Waals surface area contributed by atoms with E-state index < -0.39 is 0 Å². The number of ether oxygens (including phenoxy) is 1. The van der Waals surface area contributed by atoms with Gasteiger partial charge in [0.1, 0.15) is 0 Å². The second-order valence-corrected chi connectivity index (χ2v) is 10.6. The second kappa shape index (κ2) is 14.9. The molecular weight excluding hydrogens is 476 g/mol. The molecule has 38 heavy (non-hydrogen) atoms. The molecule has 0 radical (unpaired) electrons. The van der Waals surface area contributed by atoms with Crippen LogP contribution in [0.4, 0.5) is 11.4 Å². The molecule has 0 saturated carbocycles. The van der Waals surface area contributed by atoms with E-state index in [-0.39, 0.29) is 11.8 Å². The maximum atomic E-state index is 13.4. The number of benzene rings is 2. The molecule has 2 aromatic rings. The molecule has 0 unspecified atom stereocenters. The molecule has 0 aliphatic carbocycles. The minimum Gasteiger partial charge on any atom is -0.379 e. The summed E-state index contributed by atoms with van der Waals surface area (Å²) in [6.45, 7) is 9.00.